The Hall–Kier alpha value is -2.10. The van der Waals surface area contributed by atoms with Gasteiger partial charge in [-0.3, -0.25) is 13.9 Å². The molecule has 10 heteroatoms. The number of nitrogens with zero attached hydrogens (tertiary/aromatic N) is 2. The zero-order valence-electron chi connectivity index (χ0n) is 20.0. The van der Waals surface area contributed by atoms with Crippen molar-refractivity contribution in [3.8, 4) is 0 Å². The molecule has 186 valence electrons. The van der Waals surface area contributed by atoms with Gasteiger partial charge in [0.2, 0.25) is 21.8 Å². The molecule has 0 radical (unpaired) electrons. The van der Waals surface area contributed by atoms with Crippen LogP contribution in [0.15, 0.2) is 53.0 Å². The van der Waals surface area contributed by atoms with Crippen LogP contribution in [-0.4, -0.2) is 49.5 Å². The Morgan fingerprint density at radius 1 is 1.12 bits per heavy atom. The van der Waals surface area contributed by atoms with Crippen molar-refractivity contribution in [2.24, 2.45) is 0 Å². The van der Waals surface area contributed by atoms with Gasteiger partial charge in [0.25, 0.3) is 0 Å². The van der Waals surface area contributed by atoms with Crippen LogP contribution < -0.4 is 9.62 Å². The van der Waals surface area contributed by atoms with E-state index >= 15 is 0 Å². The maximum Gasteiger partial charge on any atom is 0.244 e. The monoisotopic (exact) mass is 571 g/mol. The Morgan fingerprint density at radius 2 is 1.74 bits per heavy atom. The van der Waals surface area contributed by atoms with E-state index in [-0.39, 0.29) is 12.5 Å². The number of hydrogen-bond donors (Lipinski definition) is 1. The van der Waals surface area contributed by atoms with Crippen LogP contribution >= 0.6 is 27.5 Å². The summed E-state index contributed by atoms with van der Waals surface area (Å²) in [6.45, 7) is 7.09. The second-order valence-electron chi connectivity index (χ2n) is 9.06. The van der Waals surface area contributed by atoms with Gasteiger partial charge in [-0.15, -0.1) is 0 Å². The van der Waals surface area contributed by atoms with Crippen molar-refractivity contribution in [1.29, 1.82) is 0 Å². The highest BCUT2D eigenvalue weighted by Gasteiger charge is 2.33. The number of halogens is 2. The van der Waals surface area contributed by atoms with Crippen molar-refractivity contribution < 1.29 is 18.0 Å². The number of carbonyl (C=O) groups excluding carboxylic acids is 2. The molecule has 0 bridgehead atoms. The van der Waals surface area contributed by atoms with Gasteiger partial charge in [0, 0.05) is 21.6 Å². The average molecular weight is 573 g/mol. The first kappa shape index (κ1) is 28.1. The van der Waals surface area contributed by atoms with Crippen LogP contribution in [0.25, 0.3) is 0 Å². The van der Waals surface area contributed by atoms with Crippen LogP contribution in [0.2, 0.25) is 5.02 Å². The van der Waals surface area contributed by atoms with Crippen LogP contribution in [0.5, 0.6) is 0 Å². The van der Waals surface area contributed by atoms with Gasteiger partial charge in [-0.2, -0.15) is 0 Å². The van der Waals surface area contributed by atoms with Crippen molar-refractivity contribution in [3.63, 3.8) is 0 Å². The normalized spacial score (nSPS) is 12.7. The van der Waals surface area contributed by atoms with Gasteiger partial charge in [0.1, 0.15) is 12.6 Å². The van der Waals surface area contributed by atoms with Crippen LogP contribution in [0, 0.1) is 0 Å². The largest absolute Gasteiger partial charge is 0.350 e. The minimum Gasteiger partial charge on any atom is -0.350 e. The summed E-state index contributed by atoms with van der Waals surface area (Å²) in [6.07, 6.45) is 1.41. The van der Waals surface area contributed by atoms with E-state index in [1.807, 2.05) is 27.7 Å². The summed E-state index contributed by atoms with van der Waals surface area (Å²) in [5, 5.41) is 3.48. The molecule has 0 saturated heterocycles. The molecule has 1 unspecified atom stereocenters. The Kier molecular flexibility index (Phi) is 9.56. The van der Waals surface area contributed by atoms with Gasteiger partial charge in [-0.25, -0.2) is 8.42 Å². The molecule has 1 atom stereocenters. The summed E-state index contributed by atoms with van der Waals surface area (Å²) in [5.41, 5.74) is 0.631. The van der Waals surface area contributed by atoms with Crippen LogP contribution in [0.3, 0.4) is 0 Å². The van der Waals surface area contributed by atoms with E-state index < -0.39 is 34.1 Å². The maximum atomic E-state index is 13.6. The molecule has 0 aliphatic carbocycles. The molecular weight excluding hydrogens is 542 g/mol. The quantitative estimate of drug-likeness (QED) is 0.476. The Bertz CT molecular complexity index is 1120. The maximum absolute atomic E-state index is 13.6. The summed E-state index contributed by atoms with van der Waals surface area (Å²) >= 11 is 9.34. The van der Waals surface area contributed by atoms with E-state index in [1.54, 1.807) is 48.5 Å². The Balaban J connectivity index is 2.45. The number of nitrogens with one attached hydrogen (secondary N) is 1. The third-order valence-corrected chi connectivity index (χ3v) is 6.81. The molecular formula is C24H31BrClN3O4S. The third-order valence-electron chi connectivity index (χ3n) is 4.93. The van der Waals surface area contributed by atoms with Crippen molar-refractivity contribution in [2.45, 2.75) is 52.2 Å². The topological polar surface area (TPSA) is 86.8 Å². The zero-order valence-corrected chi connectivity index (χ0v) is 23.2. The average Bonchev–Trinajstić information content (AvgIpc) is 2.71. The fraction of sp³-hybridized carbons (Fsp3) is 0.417. The van der Waals surface area contributed by atoms with E-state index in [1.165, 1.54) is 4.90 Å². The van der Waals surface area contributed by atoms with Crippen LogP contribution in [-0.2, 0) is 26.2 Å². The first-order chi connectivity index (χ1) is 15.7. The molecule has 0 saturated carbocycles. The lowest BCUT2D eigenvalue weighted by Gasteiger charge is -2.34. The molecule has 2 aromatic rings. The SMILES string of the molecule is CCC(C(=O)NC(C)(C)C)N(Cc1ccc(Cl)cc1)C(=O)CN(c1cccc(Br)c1)S(C)(=O)=O. The number of sulfonamides is 1. The molecule has 0 spiro atoms. The molecule has 0 aromatic heterocycles. The van der Waals surface area contributed by atoms with Crippen molar-refractivity contribution in [3.05, 3.63) is 63.6 Å². The Labute approximate surface area is 215 Å². The van der Waals surface area contributed by atoms with Crippen LogP contribution in [0.1, 0.15) is 39.7 Å². The highest BCUT2D eigenvalue weighted by atomic mass is 79.9. The summed E-state index contributed by atoms with van der Waals surface area (Å²) in [5.74, 6) is -0.790. The highest BCUT2D eigenvalue weighted by molar-refractivity contribution is 9.10. The molecule has 0 aliphatic rings. The van der Waals surface area contributed by atoms with E-state index in [0.717, 1.165) is 16.1 Å². The van der Waals surface area contributed by atoms with Gasteiger partial charge in [0.05, 0.1) is 11.9 Å². The predicted octanol–water partition coefficient (Wildman–Crippen LogP) is 4.59. The minimum absolute atomic E-state index is 0.127. The molecule has 2 aromatic carbocycles. The molecule has 2 amide bonds. The first-order valence-electron chi connectivity index (χ1n) is 10.8. The zero-order chi connectivity index (χ0) is 25.7. The van der Waals surface area contributed by atoms with E-state index in [4.69, 9.17) is 11.6 Å². The number of benzene rings is 2. The summed E-state index contributed by atoms with van der Waals surface area (Å²) < 4.78 is 26.9. The lowest BCUT2D eigenvalue weighted by atomic mass is 10.1. The van der Waals surface area contributed by atoms with Crippen molar-refractivity contribution in [2.75, 3.05) is 17.1 Å². The third kappa shape index (κ3) is 8.29. The number of anilines is 1. The number of hydrogen-bond acceptors (Lipinski definition) is 4. The van der Waals surface area contributed by atoms with Gasteiger partial charge < -0.3 is 10.2 Å². The predicted molar refractivity (Wildman–Crippen MR) is 140 cm³/mol. The number of carbonyl (C=O) groups is 2. The van der Waals surface area contributed by atoms with Crippen LogP contribution in [0.4, 0.5) is 5.69 Å². The smallest absolute Gasteiger partial charge is 0.244 e. The fourth-order valence-electron chi connectivity index (χ4n) is 3.40. The molecule has 1 N–H and O–H groups in total. The molecule has 0 heterocycles. The molecule has 7 nitrogen and oxygen atoms in total. The van der Waals surface area contributed by atoms with Gasteiger partial charge in [0.15, 0.2) is 0 Å². The number of amides is 2. The highest BCUT2D eigenvalue weighted by Crippen LogP contribution is 2.23. The summed E-state index contributed by atoms with van der Waals surface area (Å²) in [6, 6.07) is 12.9. The lowest BCUT2D eigenvalue weighted by molar-refractivity contribution is -0.141. The summed E-state index contributed by atoms with van der Waals surface area (Å²) in [7, 11) is -3.78. The van der Waals surface area contributed by atoms with E-state index in [2.05, 4.69) is 21.2 Å². The molecule has 2 rings (SSSR count). The molecule has 0 aliphatic heterocycles. The van der Waals surface area contributed by atoms with Gasteiger partial charge in [-0.1, -0.05) is 52.7 Å². The molecule has 0 fully saturated rings. The molecule has 34 heavy (non-hydrogen) atoms. The lowest BCUT2D eigenvalue weighted by Crippen LogP contribution is -2.55. The second kappa shape index (κ2) is 11.6. The van der Waals surface area contributed by atoms with Gasteiger partial charge >= 0.3 is 0 Å². The van der Waals surface area contributed by atoms with Crippen molar-refractivity contribution >= 4 is 55.1 Å². The van der Waals surface area contributed by atoms with Crippen molar-refractivity contribution in [1.82, 2.24) is 10.2 Å². The summed E-state index contributed by atoms with van der Waals surface area (Å²) in [4.78, 5) is 28.1. The first-order valence-corrected chi connectivity index (χ1v) is 13.8. The standard InChI is InChI=1S/C24H31BrClN3O4S/c1-6-21(23(31)27-24(2,3)4)28(15-17-10-12-19(26)13-11-17)22(30)16-29(34(5,32)33)20-9-7-8-18(25)14-20/h7-14,21H,6,15-16H2,1-5H3,(H,27,31). The van der Waals surface area contributed by atoms with Gasteiger partial charge in [-0.05, 0) is 63.1 Å². The second-order valence-corrected chi connectivity index (χ2v) is 12.3. The van der Waals surface area contributed by atoms with E-state index in [9.17, 15) is 18.0 Å². The van der Waals surface area contributed by atoms with E-state index in [0.29, 0.717) is 21.6 Å². The fourth-order valence-corrected chi connectivity index (χ4v) is 4.76. The number of rotatable bonds is 9. The minimum atomic E-state index is -3.78. The Morgan fingerprint density at radius 3 is 2.24 bits per heavy atom.